The summed E-state index contributed by atoms with van der Waals surface area (Å²) in [6.45, 7) is 2.43. The van der Waals surface area contributed by atoms with Gasteiger partial charge < -0.3 is 30.2 Å². The first-order chi connectivity index (χ1) is 24.6. The molecule has 4 aromatic rings. The summed E-state index contributed by atoms with van der Waals surface area (Å²) in [6, 6.07) is 14.2. The summed E-state index contributed by atoms with van der Waals surface area (Å²) in [6.07, 6.45) is 5.59. The number of carbonyl (C=O) groups is 4. The third-order valence-corrected chi connectivity index (χ3v) is 8.99. The molecule has 0 bridgehead atoms. The second-order valence-electron chi connectivity index (χ2n) is 12.0. The van der Waals surface area contributed by atoms with Crippen molar-refractivity contribution in [2.45, 2.75) is 45.4 Å². The van der Waals surface area contributed by atoms with E-state index in [-0.39, 0.29) is 28.2 Å². The van der Waals surface area contributed by atoms with E-state index in [2.05, 4.69) is 20.9 Å². The van der Waals surface area contributed by atoms with Crippen molar-refractivity contribution in [2.75, 3.05) is 36.6 Å². The Labute approximate surface area is 297 Å². The fourth-order valence-corrected chi connectivity index (χ4v) is 5.63. The minimum absolute atomic E-state index is 0.0843. The van der Waals surface area contributed by atoms with E-state index in [1.54, 1.807) is 18.2 Å². The van der Waals surface area contributed by atoms with E-state index in [0.717, 1.165) is 43.5 Å². The molecule has 5 rings (SSSR count). The lowest BCUT2D eigenvalue weighted by Gasteiger charge is -2.16. The third kappa shape index (κ3) is 9.94. The SMILES string of the molecule is COc1cc2c(Oc3ccc(NC(=O)C4(C(=O)Nc5ccc(F)cc5)CC4)cc3F)ccnc2cc1OCCCCCCNC(=O)CSC(C)=O. The van der Waals surface area contributed by atoms with Crippen molar-refractivity contribution in [2.24, 2.45) is 5.41 Å². The number of carbonyl (C=O) groups excluding carboxylic acids is 4. The van der Waals surface area contributed by atoms with E-state index in [0.29, 0.717) is 59.8 Å². The van der Waals surface area contributed by atoms with Crippen LogP contribution in [-0.2, 0) is 19.2 Å². The van der Waals surface area contributed by atoms with Gasteiger partial charge in [-0.25, -0.2) is 8.78 Å². The van der Waals surface area contributed by atoms with Crippen molar-refractivity contribution in [3.05, 3.63) is 78.5 Å². The number of halogens is 2. The predicted octanol–water partition coefficient (Wildman–Crippen LogP) is 7.01. The molecule has 1 fully saturated rings. The van der Waals surface area contributed by atoms with Gasteiger partial charge >= 0.3 is 0 Å². The van der Waals surface area contributed by atoms with Crippen molar-refractivity contribution >= 4 is 56.9 Å². The van der Waals surface area contributed by atoms with Crippen molar-refractivity contribution in [3.63, 3.8) is 0 Å². The van der Waals surface area contributed by atoms with Gasteiger partial charge in [0.2, 0.25) is 17.7 Å². The smallest absolute Gasteiger partial charge is 0.240 e. The molecule has 1 aliphatic carbocycles. The van der Waals surface area contributed by atoms with Crippen LogP contribution in [0.4, 0.5) is 20.2 Å². The molecule has 1 saturated carbocycles. The van der Waals surface area contributed by atoms with Gasteiger partial charge in [0.25, 0.3) is 0 Å². The maximum Gasteiger partial charge on any atom is 0.240 e. The molecule has 0 saturated heterocycles. The van der Waals surface area contributed by atoms with Crippen LogP contribution in [0.1, 0.15) is 45.4 Å². The zero-order valence-corrected chi connectivity index (χ0v) is 29.0. The molecule has 1 aliphatic rings. The van der Waals surface area contributed by atoms with Crippen LogP contribution in [0.15, 0.2) is 66.9 Å². The molecule has 0 radical (unpaired) electrons. The lowest BCUT2D eigenvalue weighted by molar-refractivity contribution is -0.131. The van der Waals surface area contributed by atoms with Crippen LogP contribution in [-0.4, -0.2) is 53.8 Å². The van der Waals surface area contributed by atoms with E-state index in [4.69, 9.17) is 14.2 Å². The predicted molar refractivity (Wildman–Crippen MR) is 190 cm³/mol. The number of methoxy groups -OCH3 is 1. The summed E-state index contributed by atoms with van der Waals surface area (Å²) in [7, 11) is 1.51. The number of pyridine rings is 1. The first kappa shape index (κ1) is 37.0. The van der Waals surface area contributed by atoms with Gasteiger partial charge in [-0.3, -0.25) is 24.2 Å². The minimum atomic E-state index is -1.30. The maximum atomic E-state index is 15.3. The zero-order valence-electron chi connectivity index (χ0n) is 28.2. The number of amides is 3. The average Bonchev–Trinajstić information content (AvgIpc) is 3.93. The van der Waals surface area contributed by atoms with Crippen LogP contribution in [0, 0.1) is 17.0 Å². The van der Waals surface area contributed by atoms with Gasteiger partial charge in [-0.05, 0) is 74.2 Å². The number of rotatable bonds is 17. The van der Waals surface area contributed by atoms with E-state index in [1.165, 1.54) is 56.6 Å². The summed E-state index contributed by atoms with van der Waals surface area (Å²) in [5.41, 5.74) is -0.236. The lowest BCUT2D eigenvalue weighted by Crippen LogP contribution is -2.35. The highest BCUT2D eigenvalue weighted by molar-refractivity contribution is 8.14. The van der Waals surface area contributed by atoms with Crippen molar-refractivity contribution < 1.29 is 42.2 Å². The summed E-state index contributed by atoms with van der Waals surface area (Å²) in [5.74, 6) is -1.11. The second kappa shape index (κ2) is 17.1. The summed E-state index contributed by atoms with van der Waals surface area (Å²) in [5, 5.41) is 8.55. The monoisotopic (exact) mass is 720 g/mol. The van der Waals surface area contributed by atoms with E-state index in [9.17, 15) is 23.6 Å². The Morgan fingerprint density at radius 2 is 1.53 bits per heavy atom. The van der Waals surface area contributed by atoms with Gasteiger partial charge in [0.1, 0.15) is 17.0 Å². The van der Waals surface area contributed by atoms with Crippen LogP contribution in [0.3, 0.4) is 0 Å². The molecular weight excluding hydrogens is 682 g/mol. The van der Waals surface area contributed by atoms with E-state index < -0.39 is 28.9 Å². The second-order valence-corrected chi connectivity index (χ2v) is 13.1. The number of nitrogens with one attached hydrogen (secondary N) is 3. The van der Waals surface area contributed by atoms with Crippen molar-refractivity contribution in [3.8, 4) is 23.0 Å². The number of fused-ring (bicyclic) bond motifs is 1. The molecule has 11 nitrogen and oxygen atoms in total. The first-order valence-electron chi connectivity index (χ1n) is 16.4. The quantitative estimate of drug-likeness (QED) is 0.0775. The van der Waals surface area contributed by atoms with E-state index >= 15 is 4.39 Å². The fourth-order valence-electron chi connectivity index (χ4n) is 5.20. The summed E-state index contributed by atoms with van der Waals surface area (Å²) >= 11 is 0.991. The summed E-state index contributed by atoms with van der Waals surface area (Å²) in [4.78, 5) is 53.0. The Balaban J connectivity index is 1.14. The molecule has 3 amide bonds. The molecule has 0 spiro atoms. The Bertz CT molecular complexity index is 1900. The summed E-state index contributed by atoms with van der Waals surface area (Å²) < 4.78 is 46.0. The van der Waals surface area contributed by atoms with Crippen LogP contribution < -0.4 is 30.2 Å². The number of ether oxygens (including phenoxy) is 3. The van der Waals surface area contributed by atoms with Crippen molar-refractivity contribution in [1.82, 2.24) is 10.3 Å². The first-order valence-corrected chi connectivity index (χ1v) is 17.4. The highest BCUT2D eigenvalue weighted by Crippen LogP contribution is 2.47. The molecule has 0 aliphatic heterocycles. The molecule has 1 aromatic heterocycles. The van der Waals surface area contributed by atoms with Gasteiger partial charge in [-0.2, -0.15) is 0 Å². The zero-order chi connectivity index (χ0) is 36.4. The van der Waals surface area contributed by atoms with Crippen LogP contribution in [0.25, 0.3) is 10.9 Å². The Kier molecular flexibility index (Phi) is 12.4. The van der Waals surface area contributed by atoms with Gasteiger partial charge in [0.15, 0.2) is 28.2 Å². The maximum absolute atomic E-state index is 15.3. The number of thioether (sulfide) groups is 1. The molecule has 51 heavy (non-hydrogen) atoms. The number of aromatic nitrogens is 1. The number of hydrogen-bond acceptors (Lipinski definition) is 9. The number of unbranched alkanes of at least 4 members (excludes halogenated alkanes) is 3. The molecule has 3 aromatic carbocycles. The largest absolute Gasteiger partial charge is 0.493 e. The van der Waals surface area contributed by atoms with Gasteiger partial charge in [0.05, 0.1) is 25.0 Å². The number of hydrogen-bond donors (Lipinski definition) is 3. The molecule has 1 heterocycles. The highest BCUT2D eigenvalue weighted by atomic mass is 32.2. The molecule has 0 atom stereocenters. The molecule has 0 unspecified atom stereocenters. The normalized spacial score (nSPS) is 12.9. The molecule has 3 N–H and O–H groups in total. The number of anilines is 2. The van der Waals surface area contributed by atoms with Gasteiger partial charge in [0, 0.05) is 48.6 Å². The Morgan fingerprint density at radius 1 is 0.824 bits per heavy atom. The van der Waals surface area contributed by atoms with Crippen LogP contribution >= 0.6 is 11.8 Å². The lowest BCUT2D eigenvalue weighted by atomic mass is 10.0. The number of benzene rings is 3. The third-order valence-electron chi connectivity index (χ3n) is 8.18. The Morgan fingerprint density at radius 3 is 2.22 bits per heavy atom. The highest BCUT2D eigenvalue weighted by Gasteiger charge is 2.56. The van der Waals surface area contributed by atoms with Crippen LogP contribution in [0.2, 0.25) is 0 Å². The molecular formula is C37H38F2N4O7S. The van der Waals surface area contributed by atoms with Crippen molar-refractivity contribution in [1.29, 1.82) is 0 Å². The standard InChI is InChI=1S/C37H38F2N4O7S/c1-23(44)51-22-34(45)41-16-5-3-4-6-18-49-33-21-29-27(20-32(33)48-2)30(13-17-40-29)50-31-12-11-26(19-28(31)39)43-36(47)37(14-15-37)35(46)42-25-9-7-24(38)8-10-25/h7-13,17,19-21H,3-6,14-16,18,22H2,1-2H3,(H,41,45)(H,42,46)(H,43,47). The fraction of sp³-hybridized carbons (Fsp3) is 0.324. The topological polar surface area (TPSA) is 145 Å². The van der Waals surface area contributed by atoms with E-state index in [1.807, 2.05) is 0 Å². The minimum Gasteiger partial charge on any atom is -0.493 e. The van der Waals surface area contributed by atoms with Gasteiger partial charge in [-0.15, -0.1) is 0 Å². The van der Waals surface area contributed by atoms with Gasteiger partial charge in [-0.1, -0.05) is 24.6 Å². The average molecular weight is 721 g/mol. The van der Waals surface area contributed by atoms with Crippen LogP contribution in [0.5, 0.6) is 23.0 Å². The molecule has 14 heteroatoms. The molecule has 268 valence electrons. The number of nitrogens with zero attached hydrogens (tertiary/aromatic N) is 1. The Hall–Kier alpha value is -5.24.